The number of hydrogen-bond acceptors (Lipinski definition) is 3. The molecule has 6 heteroatoms. The van der Waals surface area contributed by atoms with Gasteiger partial charge in [0.1, 0.15) is 11.6 Å². The van der Waals surface area contributed by atoms with E-state index in [4.69, 9.17) is 10.5 Å². The maximum Gasteiger partial charge on any atom is 0.389 e. The highest BCUT2D eigenvalue weighted by molar-refractivity contribution is 5.75. The highest BCUT2D eigenvalue weighted by Crippen LogP contribution is 2.22. The van der Waals surface area contributed by atoms with Crippen LogP contribution in [0.5, 0.6) is 0 Å². The molecule has 0 aromatic heterocycles. The summed E-state index contributed by atoms with van der Waals surface area (Å²) in [5.41, 5.74) is 4.74. The molecule has 0 spiro atoms. The maximum atomic E-state index is 11.8. The second kappa shape index (κ2) is 5.52. The first-order chi connectivity index (χ1) is 7.01. The van der Waals surface area contributed by atoms with Gasteiger partial charge in [-0.2, -0.15) is 13.2 Å². The van der Waals surface area contributed by atoms with Crippen LogP contribution in [0.4, 0.5) is 13.2 Å². The molecule has 0 aliphatic heterocycles. The van der Waals surface area contributed by atoms with Gasteiger partial charge in [0.2, 0.25) is 0 Å². The number of carbonyl (C=O) groups is 1. The quantitative estimate of drug-likeness (QED) is 0.769. The predicted octanol–water partition coefficient (Wildman–Crippen LogP) is 2.39. The molecule has 1 unspecified atom stereocenters. The first kappa shape index (κ1) is 15.2. The Balaban J connectivity index is 3.89. The second-order valence-electron chi connectivity index (χ2n) is 4.65. The molecule has 96 valence electrons. The number of rotatable bonds is 4. The smallest absolute Gasteiger partial charge is 0.389 e. The Kier molecular flexibility index (Phi) is 5.25. The lowest BCUT2D eigenvalue weighted by atomic mass is 10.1. The lowest BCUT2D eigenvalue weighted by Gasteiger charge is -2.22. The molecule has 0 aliphatic carbocycles. The number of alkyl halides is 3. The molecule has 0 amide bonds. The van der Waals surface area contributed by atoms with Gasteiger partial charge in [0.05, 0.1) is 0 Å². The van der Waals surface area contributed by atoms with Crippen molar-refractivity contribution < 1.29 is 22.7 Å². The summed E-state index contributed by atoms with van der Waals surface area (Å²) in [4.78, 5) is 11.3. The molecule has 0 saturated heterocycles. The molecule has 0 fully saturated rings. The zero-order valence-electron chi connectivity index (χ0n) is 9.73. The van der Waals surface area contributed by atoms with Crippen molar-refractivity contribution in [3.63, 3.8) is 0 Å². The van der Waals surface area contributed by atoms with Gasteiger partial charge in [-0.05, 0) is 33.6 Å². The molecular weight excluding hydrogens is 223 g/mol. The van der Waals surface area contributed by atoms with Crippen LogP contribution in [0.1, 0.15) is 40.0 Å². The molecule has 0 saturated carbocycles. The predicted molar refractivity (Wildman–Crippen MR) is 53.7 cm³/mol. The van der Waals surface area contributed by atoms with E-state index >= 15 is 0 Å². The summed E-state index contributed by atoms with van der Waals surface area (Å²) >= 11 is 0. The number of esters is 1. The van der Waals surface area contributed by atoms with Crippen LogP contribution in [0, 0.1) is 0 Å². The molecule has 0 radical (unpaired) electrons. The molecule has 0 aliphatic rings. The molecule has 0 aromatic carbocycles. The van der Waals surface area contributed by atoms with Gasteiger partial charge in [0.15, 0.2) is 0 Å². The maximum absolute atomic E-state index is 11.8. The monoisotopic (exact) mass is 241 g/mol. The summed E-state index contributed by atoms with van der Waals surface area (Å²) < 4.78 is 40.4. The normalized spacial score (nSPS) is 14.7. The van der Waals surface area contributed by atoms with Gasteiger partial charge < -0.3 is 10.5 Å². The minimum atomic E-state index is -4.20. The van der Waals surface area contributed by atoms with Crippen LogP contribution in [-0.2, 0) is 9.53 Å². The van der Waals surface area contributed by atoms with Gasteiger partial charge in [0.25, 0.3) is 0 Å². The van der Waals surface area contributed by atoms with E-state index in [1.54, 1.807) is 20.8 Å². The van der Waals surface area contributed by atoms with Gasteiger partial charge in [-0.15, -0.1) is 0 Å². The number of hydrogen-bond donors (Lipinski definition) is 1. The van der Waals surface area contributed by atoms with Crippen molar-refractivity contribution in [1.29, 1.82) is 0 Å². The third kappa shape index (κ3) is 8.52. The summed E-state index contributed by atoms with van der Waals surface area (Å²) in [6.45, 7) is 5.02. The molecular formula is C10H18F3NO2. The van der Waals surface area contributed by atoms with E-state index in [0.717, 1.165) is 0 Å². The first-order valence-corrected chi connectivity index (χ1v) is 5.06. The Labute approximate surface area is 93.1 Å². The average molecular weight is 241 g/mol. The second-order valence-corrected chi connectivity index (χ2v) is 4.65. The minimum Gasteiger partial charge on any atom is -0.459 e. The van der Waals surface area contributed by atoms with E-state index in [9.17, 15) is 18.0 Å². The van der Waals surface area contributed by atoms with Crippen LogP contribution in [0.15, 0.2) is 0 Å². The fourth-order valence-corrected chi connectivity index (χ4v) is 1.02. The highest BCUT2D eigenvalue weighted by Gasteiger charge is 2.28. The largest absolute Gasteiger partial charge is 0.459 e. The molecule has 3 nitrogen and oxygen atoms in total. The molecule has 0 rings (SSSR count). The molecule has 0 heterocycles. The Morgan fingerprint density at radius 1 is 1.31 bits per heavy atom. The molecule has 16 heavy (non-hydrogen) atoms. The Bertz CT molecular complexity index is 233. The summed E-state index contributed by atoms with van der Waals surface area (Å²) in [5, 5.41) is 0. The Morgan fingerprint density at radius 3 is 2.19 bits per heavy atom. The van der Waals surface area contributed by atoms with Crippen molar-refractivity contribution in [3.8, 4) is 0 Å². The lowest BCUT2D eigenvalue weighted by molar-refractivity contribution is -0.157. The van der Waals surface area contributed by atoms with Crippen molar-refractivity contribution in [2.75, 3.05) is 0 Å². The van der Waals surface area contributed by atoms with Crippen LogP contribution in [0.2, 0.25) is 0 Å². The van der Waals surface area contributed by atoms with Crippen molar-refractivity contribution in [2.45, 2.75) is 57.9 Å². The Hall–Kier alpha value is -0.780. The van der Waals surface area contributed by atoms with E-state index < -0.39 is 30.2 Å². The molecule has 0 bridgehead atoms. The topological polar surface area (TPSA) is 52.3 Å². The number of carbonyl (C=O) groups excluding carboxylic acids is 1. The molecule has 0 aromatic rings. The van der Waals surface area contributed by atoms with Gasteiger partial charge >= 0.3 is 12.1 Å². The average Bonchev–Trinajstić information content (AvgIpc) is 1.98. The van der Waals surface area contributed by atoms with E-state index in [2.05, 4.69) is 0 Å². The van der Waals surface area contributed by atoms with Gasteiger partial charge in [-0.25, -0.2) is 0 Å². The third-order valence-corrected chi connectivity index (χ3v) is 1.68. The first-order valence-electron chi connectivity index (χ1n) is 5.06. The fraction of sp³-hybridized carbons (Fsp3) is 0.900. The Morgan fingerprint density at radius 2 is 1.81 bits per heavy atom. The van der Waals surface area contributed by atoms with Crippen molar-refractivity contribution in [3.05, 3.63) is 0 Å². The third-order valence-electron chi connectivity index (χ3n) is 1.68. The van der Waals surface area contributed by atoms with Crippen LogP contribution in [-0.4, -0.2) is 23.8 Å². The van der Waals surface area contributed by atoms with Gasteiger partial charge in [0, 0.05) is 6.42 Å². The van der Waals surface area contributed by atoms with E-state index in [0.29, 0.717) is 0 Å². The van der Waals surface area contributed by atoms with Crippen LogP contribution >= 0.6 is 0 Å². The van der Waals surface area contributed by atoms with Crippen LogP contribution in [0.25, 0.3) is 0 Å². The van der Waals surface area contributed by atoms with E-state index in [1.807, 2.05) is 0 Å². The summed E-state index contributed by atoms with van der Waals surface area (Å²) in [7, 11) is 0. The van der Waals surface area contributed by atoms with E-state index in [-0.39, 0.29) is 12.8 Å². The summed E-state index contributed by atoms with van der Waals surface area (Å²) in [6.07, 6.45) is -5.31. The number of halogens is 3. The molecule has 2 N–H and O–H groups in total. The standard InChI is InChI=1S/C10H18F3NO2/c1-9(2,3)16-8(15)7(14)5-4-6-10(11,12)13/h7H,4-6,14H2,1-3H3. The molecule has 1 atom stereocenters. The van der Waals surface area contributed by atoms with Crippen LogP contribution < -0.4 is 5.73 Å². The number of ether oxygens (including phenoxy) is 1. The van der Waals surface area contributed by atoms with Crippen molar-refractivity contribution in [2.24, 2.45) is 5.73 Å². The van der Waals surface area contributed by atoms with Gasteiger partial charge in [-0.3, -0.25) is 4.79 Å². The zero-order chi connectivity index (χ0) is 13.0. The lowest BCUT2D eigenvalue weighted by Crippen LogP contribution is -2.37. The number of nitrogens with two attached hydrogens (primary N) is 1. The zero-order valence-corrected chi connectivity index (χ0v) is 9.73. The van der Waals surface area contributed by atoms with E-state index in [1.165, 1.54) is 0 Å². The summed E-state index contributed by atoms with van der Waals surface area (Å²) in [5.74, 6) is -0.658. The fourth-order valence-electron chi connectivity index (χ4n) is 1.02. The SMILES string of the molecule is CC(C)(C)OC(=O)C(N)CCCC(F)(F)F. The van der Waals surface area contributed by atoms with Crippen molar-refractivity contribution in [1.82, 2.24) is 0 Å². The minimum absolute atomic E-state index is 0.0194. The van der Waals surface area contributed by atoms with Crippen LogP contribution in [0.3, 0.4) is 0 Å². The van der Waals surface area contributed by atoms with Crippen molar-refractivity contribution >= 4 is 5.97 Å². The van der Waals surface area contributed by atoms with Gasteiger partial charge in [-0.1, -0.05) is 0 Å². The summed E-state index contributed by atoms with van der Waals surface area (Å²) in [6, 6.07) is -0.985. The highest BCUT2D eigenvalue weighted by atomic mass is 19.4.